The summed E-state index contributed by atoms with van der Waals surface area (Å²) < 4.78 is 0. The van der Waals surface area contributed by atoms with Gasteiger partial charge in [-0.1, -0.05) is 13.8 Å². The molecule has 4 heteroatoms. The van der Waals surface area contributed by atoms with Crippen molar-refractivity contribution in [1.82, 2.24) is 15.2 Å². The maximum atomic E-state index is 4.57. The van der Waals surface area contributed by atoms with E-state index in [1.165, 1.54) is 35.1 Å². The van der Waals surface area contributed by atoms with Crippen molar-refractivity contribution in [3.63, 3.8) is 0 Å². The first-order chi connectivity index (χ1) is 9.02. The molecule has 0 saturated carbocycles. The number of hydrogen-bond acceptors (Lipinski definition) is 4. The van der Waals surface area contributed by atoms with Gasteiger partial charge in [0.1, 0.15) is 0 Å². The highest BCUT2D eigenvalue weighted by molar-refractivity contribution is 7.11. The molecule has 2 rings (SSSR count). The van der Waals surface area contributed by atoms with Crippen molar-refractivity contribution < 1.29 is 0 Å². The van der Waals surface area contributed by atoms with Gasteiger partial charge in [0.15, 0.2) is 0 Å². The third-order valence-electron chi connectivity index (χ3n) is 4.27. The number of nitrogens with zero attached hydrogens (tertiary/aromatic N) is 2. The lowest BCUT2D eigenvalue weighted by atomic mass is 9.92. The highest BCUT2D eigenvalue weighted by Gasteiger charge is 2.29. The van der Waals surface area contributed by atoms with E-state index in [0.29, 0.717) is 12.1 Å². The van der Waals surface area contributed by atoms with Gasteiger partial charge in [0.2, 0.25) is 0 Å². The lowest BCUT2D eigenvalue weighted by Crippen LogP contribution is -2.48. The van der Waals surface area contributed by atoms with Gasteiger partial charge in [0.05, 0.1) is 10.7 Å². The lowest BCUT2D eigenvalue weighted by molar-refractivity contribution is 0.113. The Morgan fingerprint density at radius 2 is 2.21 bits per heavy atom. The molecule has 1 aromatic rings. The van der Waals surface area contributed by atoms with Crippen LogP contribution in [0.25, 0.3) is 0 Å². The summed E-state index contributed by atoms with van der Waals surface area (Å²) in [5.41, 5.74) is 1.22. The van der Waals surface area contributed by atoms with Crippen molar-refractivity contribution in [3.8, 4) is 0 Å². The van der Waals surface area contributed by atoms with E-state index >= 15 is 0 Å². The summed E-state index contributed by atoms with van der Waals surface area (Å²) in [6, 6.07) is 1.20. The average molecular weight is 281 g/mol. The fourth-order valence-electron chi connectivity index (χ4n) is 3.20. The predicted molar refractivity (Wildman–Crippen MR) is 82.8 cm³/mol. The zero-order chi connectivity index (χ0) is 14.0. The van der Waals surface area contributed by atoms with E-state index in [0.717, 1.165) is 12.5 Å². The highest BCUT2D eigenvalue weighted by Crippen LogP contribution is 2.32. The van der Waals surface area contributed by atoms with Crippen LogP contribution >= 0.6 is 11.3 Å². The summed E-state index contributed by atoms with van der Waals surface area (Å²) in [6.45, 7) is 14.6. The summed E-state index contributed by atoms with van der Waals surface area (Å²) in [7, 11) is 0. The molecule has 1 N–H and O–H groups in total. The SMILES string of the molecule is CCNC1CCN(C(C)c2sc(C)nc2C)CC1C. The van der Waals surface area contributed by atoms with Crippen LogP contribution in [-0.4, -0.2) is 35.6 Å². The topological polar surface area (TPSA) is 28.2 Å². The molecule has 108 valence electrons. The Kier molecular flexibility index (Phi) is 4.98. The molecule has 3 unspecified atom stereocenters. The monoisotopic (exact) mass is 281 g/mol. The standard InChI is InChI=1S/C15H27N3S/c1-6-16-14-7-8-18(9-10(14)2)12(4)15-11(3)17-13(5)19-15/h10,12,14,16H,6-9H2,1-5H3. The maximum absolute atomic E-state index is 4.57. The molecular weight excluding hydrogens is 254 g/mol. The van der Waals surface area contributed by atoms with Gasteiger partial charge >= 0.3 is 0 Å². The van der Waals surface area contributed by atoms with Crippen molar-refractivity contribution >= 4 is 11.3 Å². The quantitative estimate of drug-likeness (QED) is 0.919. The Balaban J connectivity index is 2.02. The number of hydrogen-bond donors (Lipinski definition) is 1. The van der Waals surface area contributed by atoms with Gasteiger partial charge in [-0.25, -0.2) is 4.98 Å². The normalized spacial score (nSPS) is 26.6. The van der Waals surface area contributed by atoms with E-state index in [1.807, 2.05) is 11.3 Å². The summed E-state index contributed by atoms with van der Waals surface area (Å²) in [4.78, 5) is 8.64. The molecule has 1 aliphatic heterocycles. The first-order valence-corrected chi connectivity index (χ1v) is 8.26. The van der Waals surface area contributed by atoms with E-state index in [4.69, 9.17) is 0 Å². The summed E-state index contributed by atoms with van der Waals surface area (Å²) in [5, 5.41) is 4.80. The minimum atomic E-state index is 0.510. The molecule has 1 saturated heterocycles. The Morgan fingerprint density at radius 3 is 2.74 bits per heavy atom. The van der Waals surface area contributed by atoms with E-state index in [9.17, 15) is 0 Å². The fraction of sp³-hybridized carbons (Fsp3) is 0.800. The Labute approximate surface area is 121 Å². The molecule has 3 nitrogen and oxygen atoms in total. The van der Waals surface area contributed by atoms with Crippen LogP contribution in [0.1, 0.15) is 48.8 Å². The smallest absolute Gasteiger partial charge is 0.0900 e. The first kappa shape index (κ1) is 14.9. The molecule has 2 heterocycles. The highest BCUT2D eigenvalue weighted by atomic mass is 32.1. The lowest BCUT2D eigenvalue weighted by Gasteiger charge is -2.40. The average Bonchev–Trinajstić information content (AvgIpc) is 2.70. The van der Waals surface area contributed by atoms with Gasteiger partial charge in [-0.15, -0.1) is 11.3 Å². The van der Waals surface area contributed by atoms with Gasteiger partial charge in [-0.05, 0) is 39.7 Å². The molecule has 3 atom stereocenters. The number of aromatic nitrogens is 1. The molecule has 0 aromatic carbocycles. The van der Waals surface area contributed by atoms with Crippen LogP contribution in [-0.2, 0) is 0 Å². The molecule has 0 amide bonds. The van der Waals surface area contributed by atoms with Crippen molar-refractivity contribution in [1.29, 1.82) is 0 Å². The second-order valence-electron chi connectivity index (χ2n) is 5.78. The molecule has 19 heavy (non-hydrogen) atoms. The minimum absolute atomic E-state index is 0.510. The van der Waals surface area contributed by atoms with E-state index in [2.05, 4.69) is 49.8 Å². The minimum Gasteiger partial charge on any atom is -0.314 e. The molecule has 1 aliphatic rings. The zero-order valence-electron chi connectivity index (χ0n) is 12.9. The number of thiazole rings is 1. The zero-order valence-corrected chi connectivity index (χ0v) is 13.7. The van der Waals surface area contributed by atoms with E-state index in [1.54, 1.807) is 0 Å². The molecule has 0 aliphatic carbocycles. The number of rotatable bonds is 4. The van der Waals surface area contributed by atoms with Crippen molar-refractivity contribution in [3.05, 3.63) is 15.6 Å². The number of likely N-dealkylation sites (tertiary alicyclic amines) is 1. The Morgan fingerprint density at radius 1 is 1.47 bits per heavy atom. The van der Waals surface area contributed by atoms with Crippen LogP contribution in [0.5, 0.6) is 0 Å². The van der Waals surface area contributed by atoms with Crippen LogP contribution in [0.2, 0.25) is 0 Å². The molecular formula is C15H27N3S. The molecule has 0 spiro atoms. The van der Waals surface area contributed by atoms with Crippen molar-refractivity contribution in [2.24, 2.45) is 5.92 Å². The first-order valence-electron chi connectivity index (χ1n) is 7.44. The van der Waals surface area contributed by atoms with Gasteiger partial charge in [-0.2, -0.15) is 0 Å². The summed E-state index contributed by atoms with van der Waals surface area (Å²) >= 11 is 1.86. The van der Waals surface area contributed by atoms with Gasteiger partial charge in [0, 0.05) is 30.1 Å². The number of nitrogens with one attached hydrogen (secondary N) is 1. The van der Waals surface area contributed by atoms with Crippen LogP contribution < -0.4 is 5.32 Å². The van der Waals surface area contributed by atoms with Crippen LogP contribution in [0, 0.1) is 19.8 Å². The third kappa shape index (κ3) is 3.36. The molecule has 1 fully saturated rings. The van der Waals surface area contributed by atoms with Gasteiger partial charge in [0.25, 0.3) is 0 Å². The van der Waals surface area contributed by atoms with Crippen LogP contribution in [0.4, 0.5) is 0 Å². The Bertz CT molecular complexity index is 416. The predicted octanol–water partition coefficient (Wildman–Crippen LogP) is 3.14. The summed E-state index contributed by atoms with van der Waals surface area (Å²) in [6.07, 6.45) is 1.26. The van der Waals surface area contributed by atoms with Gasteiger partial charge in [-0.3, -0.25) is 4.90 Å². The second-order valence-corrected chi connectivity index (χ2v) is 7.02. The van der Waals surface area contributed by atoms with Crippen LogP contribution in [0.15, 0.2) is 0 Å². The largest absolute Gasteiger partial charge is 0.314 e. The second kappa shape index (κ2) is 6.33. The molecule has 1 aromatic heterocycles. The number of aryl methyl sites for hydroxylation is 2. The van der Waals surface area contributed by atoms with Crippen molar-refractivity contribution in [2.45, 2.75) is 53.1 Å². The molecule has 0 bridgehead atoms. The van der Waals surface area contributed by atoms with Crippen LogP contribution in [0.3, 0.4) is 0 Å². The van der Waals surface area contributed by atoms with E-state index < -0.39 is 0 Å². The van der Waals surface area contributed by atoms with Gasteiger partial charge < -0.3 is 5.32 Å². The summed E-state index contributed by atoms with van der Waals surface area (Å²) in [5.74, 6) is 0.727. The Hall–Kier alpha value is -0.450. The maximum Gasteiger partial charge on any atom is 0.0900 e. The third-order valence-corrected chi connectivity index (χ3v) is 5.51. The fourth-order valence-corrected chi connectivity index (χ4v) is 4.21. The van der Waals surface area contributed by atoms with E-state index in [-0.39, 0.29) is 0 Å². The number of piperidine rings is 1. The molecule has 0 radical (unpaired) electrons. The van der Waals surface area contributed by atoms with Crippen molar-refractivity contribution in [2.75, 3.05) is 19.6 Å².